The summed E-state index contributed by atoms with van der Waals surface area (Å²) in [6.45, 7) is 4.11. The van der Waals surface area contributed by atoms with Gasteiger partial charge in [-0.15, -0.1) is 0 Å². The number of likely N-dealkylation sites (tertiary alicyclic amines) is 2. The third kappa shape index (κ3) is 7.22. The maximum absolute atomic E-state index is 16.0. The van der Waals surface area contributed by atoms with E-state index in [4.69, 9.17) is 0 Å². The first kappa shape index (κ1) is 31.6. The van der Waals surface area contributed by atoms with E-state index in [-0.39, 0.29) is 45.6 Å². The average Bonchev–Trinajstić information content (AvgIpc) is 3.93. The second-order valence-electron chi connectivity index (χ2n) is 13.8. The maximum atomic E-state index is 16.0. The predicted octanol–water partition coefficient (Wildman–Crippen LogP) is 4.11. The van der Waals surface area contributed by atoms with Gasteiger partial charge in [0, 0.05) is 59.3 Å². The summed E-state index contributed by atoms with van der Waals surface area (Å²) < 4.78 is 29.3. The summed E-state index contributed by atoms with van der Waals surface area (Å²) in [5.74, 6) is -0.982. The third-order valence-corrected chi connectivity index (χ3v) is 13.0. The lowest BCUT2D eigenvalue weighted by molar-refractivity contribution is -0.136. The summed E-state index contributed by atoms with van der Waals surface area (Å²) in [5, 5.41) is 6.69. The zero-order valence-electron chi connectivity index (χ0n) is 25.9. The molecular formula is C34H49FN4O4S. The van der Waals surface area contributed by atoms with Gasteiger partial charge >= 0.3 is 0 Å². The summed E-state index contributed by atoms with van der Waals surface area (Å²) in [7, 11) is -0.893. The Morgan fingerprint density at radius 2 is 1.55 bits per heavy atom. The van der Waals surface area contributed by atoms with Gasteiger partial charge in [0.2, 0.25) is 11.8 Å². The molecule has 10 heteroatoms. The molecular weight excluding hydrogens is 579 g/mol. The Morgan fingerprint density at radius 3 is 2.25 bits per heavy atom. The van der Waals surface area contributed by atoms with Crippen LogP contribution >= 0.6 is 0 Å². The van der Waals surface area contributed by atoms with Crippen LogP contribution in [0.5, 0.6) is 0 Å². The van der Waals surface area contributed by atoms with Gasteiger partial charge in [0.15, 0.2) is 0 Å². The average molecular weight is 629 g/mol. The summed E-state index contributed by atoms with van der Waals surface area (Å²) in [6, 6.07) is 4.27. The molecule has 3 saturated heterocycles. The molecule has 1 aromatic carbocycles. The highest BCUT2D eigenvalue weighted by atomic mass is 32.2. The molecule has 2 aliphatic carbocycles. The van der Waals surface area contributed by atoms with E-state index in [1.165, 1.54) is 6.07 Å². The Labute approximate surface area is 263 Å². The molecule has 2 saturated carbocycles. The molecule has 3 aliphatic heterocycles. The van der Waals surface area contributed by atoms with Gasteiger partial charge in [0.1, 0.15) is 11.9 Å². The first-order valence-electron chi connectivity index (χ1n) is 17.2. The molecule has 0 bridgehead atoms. The van der Waals surface area contributed by atoms with Crippen molar-refractivity contribution in [3.8, 4) is 0 Å². The van der Waals surface area contributed by atoms with Crippen LogP contribution in [0.2, 0.25) is 0 Å². The molecule has 44 heavy (non-hydrogen) atoms. The van der Waals surface area contributed by atoms with Crippen LogP contribution in [0.15, 0.2) is 18.2 Å². The minimum absolute atomic E-state index is 0.0216. The van der Waals surface area contributed by atoms with Crippen LogP contribution in [0.25, 0.3) is 0 Å². The SMILES string of the molecule is O=C(NC(C(=O)N1CCC(S(=O)C2CCNCC2)CC1)C1CCCCC1)c1cccc(C2CCCN(C(=O)C3CC3)C2)c1F. The van der Waals surface area contributed by atoms with Crippen molar-refractivity contribution in [2.75, 3.05) is 39.3 Å². The van der Waals surface area contributed by atoms with Gasteiger partial charge in [-0.25, -0.2) is 4.39 Å². The molecule has 5 fully saturated rings. The molecule has 6 rings (SSSR count). The number of hydrogen-bond acceptors (Lipinski definition) is 5. The lowest BCUT2D eigenvalue weighted by Crippen LogP contribution is -2.55. The van der Waals surface area contributed by atoms with Crippen LogP contribution in [0.4, 0.5) is 4.39 Å². The molecule has 8 nitrogen and oxygen atoms in total. The van der Waals surface area contributed by atoms with Crippen molar-refractivity contribution in [1.29, 1.82) is 0 Å². The zero-order chi connectivity index (χ0) is 30.6. The standard InChI is InChI=1S/C34H49FN4O4S/c35-30-28(25-8-5-19-39(22-25)33(41)24-11-12-24)9-4-10-29(30)32(40)37-31(23-6-2-1-3-7-23)34(42)38-20-15-27(16-21-38)44(43)26-13-17-36-18-14-26/h4,9-10,23-27,31,36H,1-3,5-8,11-22H2,(H,37,40). The number of carbonyl (C=O) groups is 3. The summed E-state index contributed by atoms with van der Waals surface area (Å²) >= 11 is 0. The summed E-state index contributed by atoms with van der Waals surface area (Å²) in [6.07, 6.45) is 11.7. The fourth-order valence-corrected chi connectivity index (χ4v) is 9.85. The van der Waals surface area contributed by atoms with Crippen molar-refractivity contribution < 1.29 is 23.0 Å². The molecule has 0 spiro atoms. The van der Waals surface area contributed by atoms with Gasteiger partial charge in [0.25, 0.3) is 5.91 Å². The minimum Gasteiger partial charge on any atom is -0.342 e. The van der Waals surface area contributed by atoms with Gasteiger partial charge in [-0.3, -0.25) is 18.6 Å². The number of halogens is 1. The molecule has 1 aromatic rings. The Balaban J connectivity index is 1.13. The van der Waals surface area contributed by atoms with Crippen LogP contribution in [0, 0.1) is 17.7 Å². The second kappa shape index (κ2) is 14.4. The number of nitrogens with zero attached hydrogens (tertiary/aromatic N) is 2. The lowest BCUT2D eigenvalue weighted by atomic mass is 9.83. The number of piperidine rings is 3. The Morgan fingerprint density at radius 1 is 0.841 bits per heavy atom. The van der Waals surface area contributed by atoms with E-state index < -0.39 is 28.6 Å². The van der Waals surface area contributed by atoms with Crippen molar-refractivity contribution in [2.45, 2.75) is 106 Å². The highest BCUT2D eigenvalue weighted by Gasteiger charge is 2.39. The quantitative estimate of drug-likeness (QED) is 0.452. The first-order valence-corrected chi connectivity index (χ1v) is 18.4. The fraction of sp³-hybridized carbons (Fsp3) is 0.735. The molecule has 3 atom stereocenters. The van der Waals surface area contributed by atoms with E-state index in [9.17, 15) is 18.6 Å². The van der Waals surface area contributed by atoms with E-state index in [0.717, 1.165) is 83.7 Å². The predicted molar refractivity (Wildman–Crippen MR) is 169 cm³/mol. The van der Waals surface area contributed by atoms with E-state index in [1.807, 2.05) is 9.80 Å². The second-order valence-corrected chi connectivity index (χ2v) is 15.7. The van der Waals surface area contributed by atoms with Crippen LogP contribution in [-0.2, 0) is 20.4 Å². The highest BCUT2D eigenvalue weighted by molar-refractivity contribution is 7.86. The monoisotopic (exact) mass is 628 g/mol. The molecule has 0 radical (unpaired) electrons. The smallest absolute Gasteiger partial charge is 0.254 e. The maximum Gasteiger partial charge on any atom is 0.254 e. The highest BCUT2D eigenvalue weighted by Crippen LogP contribution is 2.36. The summed E-state index contributed by atoms with van der Waals surface area (Å²) in [4.78, 5) is 44.1. The van der Waals surface area contributed by atoms with Gasteiger partial charge in [-0.05, 0) is 94.8 Å². The first-order chi connectivity index (χ1) is 21.4. The topological polar surface area (TPSA) is 98.8 Å². The molecule has 0 aromatic heterocycles. The van der Waals surface area contributed by atoms with Gasteiger partial charge < -0.3 is 20.4 Å². The van der Waals surface area contributed by atoms with Gasteiger partial charge in [-0.2, -0.15) is 0 Å². The molecule has 3 heterocycles. The van der Waals surface area contributed by atoms with Crippen LogP contribution in [-0.4, -0.2) is 87.5 Å². The van der Waals surface area contributed by atoms with Gasteiger partial charge in [-0.1, -0.05) is 31.4 Å². The Kier molecular flexibility index (Phi) is 10.4. The van der Waals surface area contributed by atoms with E-state index in [1.54, 1.807) is 12.1 Å². The van der Waals surface area contributed by atoms with Crippen LogP contribution in [0.3, 0.4) is 0 Å². The van der Waals surface area contributed by atoms with Crippen molar-refractivity contribution in [3.63, 3.8) is 0 Å². The number of carbonyl (C=O) groups excluding carboxylic acids is 3. The van der Waals surface area contributed by atoms with E-state index in [0.29, 0.717) is 44.6 Å². The number of amides is 3. The Hall–Kier alpha value is -2.33. The van der Waals surface area contributed by atoms with Crippen molar-refractivity contribution >= 4 is 28.5 Å². The number of rotatable bonds is 8. The normalized spacial score (nSPS) is 25.8. The largest absolute Gasteiger partial charge is 0.342 e. The summed E-state index contributed by atoms with van der Waals surface area (Å²) in [5.41, 5.74) is 0.452. The third-order valence-electron chi connectivity index (χ3n) is 10.7. The van der Waals surface area contributed by atoms with Crippen molar-refractivity contribution in [2.24, 2.45) is 11.8 Å². The molecule has 242 valence electrons. The van der Waals surface area contributed by atoms with Crippen molar-refractivity contribution in [1.82, 2.24) is 20.4 Å². The number of nitrogens with one attached hydrogen (secondary N) is 2. The fourth-order valence-electron chi connectivity index (χ4n) is 7.93. The zero-order valence-corrected chi connectivity index (χ0v) is 26.8. The minimum atomic E-state index is -0.893. The van der Waals surface area contributed by atoms with Crippen LogP contribution < -0.4 is 10.6 Å². The Bertz CT molecular complexity index is 1220. The van der Waals surface area contributed by atoms with Crippen molar-refractivity contribution in [3.05, 3.63) is 35.1 Å². The van der Waals surface area contributed by atoms with Gasteiger partial charge in [0.05, 0.1) is 5.56 Å². The molecule has 3 amide bonds. The molecule has 3 unspecified atom stereocenters. The van der Waals surface area contributed by atoms with E-state index in [2.05, 4.69) is 10.6 Å². The van der Waals surface area contributed by atoms with Crippen LogP contribution in [0.1, 0.15) is 105 Å². The lowest BCUT2D eigenvalue weighted by Gasteiger charge is -2.38. The van der Waals surface area contributed by atoms with E-state index >= 15 is 4.39 Å². The number of benzene rings is 1. The molecule has 2 N–H and O–H groups in total. The molecule has 5 aliphatic rings. The number of hydrogen-bond donors (Lipinski definition) is 2.